The molecule has 0 unspecified atom stereocenters. The first-order chi connectivity index (χ1) is 11.8. The highest BCUT2D eigenvalue weighted by Gasteiger charge is 2.30. The molecule has 2 rings (SSSR count). The standard InChI is InChI=1S/C16H11BrClF3N2O2/c17-12-4-5-14(13(18)7-12)25-9-15(24)23-22-8-10-2-1-3-11(6-10)16(19,20)21/h1-8H,9H2,(H,23,24)/b22-8+. The molecule has 25 heavy (non-hydrogen) atoms. The van der Waals surface area contributed by atoms with Crippen LogP contribution in [0, 0.1) is 0 Å². The minimum atomic E-state index is -4.44. The molecule has 0 saturated heterocycles. The van der Waals surface area contributed by atoms with E-state index in [2.05, 4.69) is 26.5 Å². The molecule has 1 amide bonds. The second-order valence-electron chi connectivity index (χ2n) is 4.78. The van der Waals surface area contributed by atoms with Crippen molar-refractivity contribution in [2.45, 2.75) is 6.18 Å². The van der Waals surface area contributed by atoms with Gasteiger partial charge in [-0.3, -0.25) is 4.79 Å². The fourth-order valence-corrected chi connectivity index (χ4v) is 2.47. The SMILES string of the molecule is O=C(COc1ccc(Br)cc1Cl)N/N=C/c1cccc(C(F)(F)F)c1. The van der Waals surface area contributed by atoms with Gasteiger partial charge in [0, 0.05) is 4.47 Å². The largest absolute Gasteiger partial charge is 0.482 e. The normalized spacial score (nSPS) is 11.6. The van der Waals surface area contributed by atoms with Crippen LogP contribution in [0.3, 0.4) is 0 Å². The van der Waals surface area contributed by atoms with Crippen LogP contribution in [0.15, 0.2) is 52.0 Å². The highest BCUT2D eigenvalue weighted by molar-refractivity contribution is 9.10. The summed E-state index contributed by atoms with van der Waals surface area (Å²) in [6, 6.07) is 9.46. The number of alkyl halides is 3. The highest BCUT2D eigenvalue weighted by atomic mass is 79.9. The number of hydrazone groups is 1. The third-order valence-corrected chi connectivity index (χ3v) is 3.66. The average Bonchev–Trinajstić information content (AvgIpc) is 2.53. The van der Waals surface area contributed by atoms with E-state index in [1.165, 1.54) is 12.1 Å². The number of hydrogen-bond donors (Lipinski definition) is 1. The van der Waals surface area contributed by atoms with Crippen LogP contribution in [0.4, 0.5) is 13.2 Å². The number of halogens is 5. The first-order valence-electron chi connectivity index (χ1n) is 6.83. The summed E-state index contributed by atoms with van der Waals surface area (Å²) in [6.45, 7) is -0.346. The minimum absolute atomic E-state index is 0.201. The Kier molecular flexibility index (Phi) is 6.44. The summed E-state index contributed by atoms with van der Waals surface area (Å²) in [5.74, 6) is -0.260. The first kappa shape index (κ1) is 19.3. The molecule has 0 radical (unpaired) electrons. The smallest absolute Gasteiger partial charge is 0.416 e. The summed E-state index contributed by atoms with van der Waals surface area (Å²) in [7, 11) is 0. The van der Waals surface area contributed by atoms with Crippen molar-refractivity contribution in [1.82, 2.24) is 5.43 Å². The van der Waals surface area contributed by atoms with E-state index in [0.717, 1.165) is 22.8 Å². The Morgan fingerprint density at radius 2 is 2.04 bits per heavy atom. The molecule has 0 aliphatic rings. The van der Waals surface area contributed by atoms with E-state index in [9.17, 15) is 18.0 Å². The maximum absolute atomic E-state index is 12.6. The van der Waals surface area contributed by atoms with Crippen LogP contribution in [-0.4, -0.2) is 18.7 Å². The zero-order valence-electron chi connectivity index (χ0n) is 12.5. The van der Waals surface area contributed by atoms with Gasteiger partial charge in [0.1, 0.15) is 5.75 Å². The Hall–Kier alpha value is -2.06. The number of rotatable bonds is 5. The van der Waals surface area contributed by atoms with E-state index >= 15 is 0 Å². The third-order valence-electron chi connectivity index (χ3n) is 2.87. The summed E-state index contributed by atoms with van der Waals surface area (Å²) < 4.78 is 43.8. The molecule has 0 aromatic heterocycles. The number of hydrogen-bond acceptors (Lipinski definition) is 3. The molecule has 0 fully saturated rings. The van der Waals surface area contributed by atoms with Crippen LogP contribution in [-0.2, 0) is 11.0 Å². The molecule has 2 aromatic carbocycles. The van der Waals surface area contributed by atoms with Crippen molar-refractivity contribution in [3.8, 4) is 5.75 Å². The van der Waals surface area contributed by atoms with Crippen molar-refractivity contribution in [3.63, 3.8) is 0 Å². The molecule has 0 saturated carbocycles. The summed E-state index contributed by atoms with van der Waals surface area (Å²) in [5, 5.41) is 3.93. The van der Waals surface area contributed by atoms with E-state index < -0.39 is 17.6 Å². The fourth-order valence-electron chi connectivity index (χ4n) is 1.74. The topological polar surface area (TPSA) is 50.7 Å². The average molecular weight is 436 g/mol. The van der Waals surface area contributed by atoms with Gasteiger partial charge in [0.15, 0.2) is 6.61 Å². The predicted octanol–water partition coefficient (Wildman–Crippen LogP) is 4.65. The van der Waals surface area contributed by atoms with Crippen LogP contribution in [0.1, 0.15) is 11.1 Å². The van der Waals surface area contributed by atoms with E-state index in [4.69, 9.17) is 16.3 Å². The van der Waals surface area contributed by atoms with Crippen LogP contribution in [0.25, 0.3) is 0 Å². The summed E-state index contributed by atoms with van der Waals surface area (Å²) in [4.78, 5) is 11.6. The maximum Gasteiger partial charge on any atom is 0.416 e. The zero-order valence-corrected chi connectivity index (χ0v) is 14.8. The second kappa shape index (κ2) is 8.35. The van der Waals surface area contributed by atoms with Gasteiger partial charge in [0.05, 0.1) is 16.8 Å². The molecule has 9 heteroatoms. The molecule has 2 aromatic rings. The van der Waals surface area contributed by atoms with Crippen LogP contribution >= 0.6 is 27.5 Å². The third kappa shape index (κ3) is 6.06. The van der Waals surface area contributed by atoms with E-state index in [0.29, 0.717) is 10.8 Å². The molecular weight excluding hydrogens is 425 g/mol. The van der Waals surface area contributed by atoms with E-state index in [1.54, 1.807) is 18.2 Å². The monoisotopic (exact) mass is 434 g/mol. The lowest BCUT2D eigenvalue weighted by Gasteiger charge is -2.07. The predicted molar refractivity (Wildman–Crippen MR) is 91.8 cm³/mol. The van der Waals surface area contributed by atoms with Gasteiger partial charge in [0.2, 0.25) is 0 Å². The number of nitrogens with one attached hydrogen (secondary N) is 1. The Morgan fingerprint density at radius 1 is 1.28 bits per heavy atom. The quantitative estimate of drug-likeness (QED) is 0.549. The summed E-state index contributed by atoms with van der Waals surface area (Å²) in [6.07, 6.45) is -3.33. The molecule has 0 bridgehead atoms. The molecule has 0 heterocycles. The molecule has 0 atom stereocenters. The lowest BCUT2D eigenvalue weighted by atomic mass is 10.1. The van der Waals surface area contributed by atoms with Gasteiger partial charge >= 0.3 is 6.18 Å². The van der Waals surface area contributed by atoms with Gasteiger partial charge in [-0.05, 0) is 35.9 Å². The molecule has 1 N–H and O–H groups in total. The van der Waals surface area contributed by atoms with Crippen molar-refractivity contribution in [2.75, 3.05) is 6.61 Å². The Labute approximate surface area is 154 Å². The number of benzene rings is 2. The van der Waals surface area contributed by atoms with Crippen molar-refractivity contribution in [3.05, 3.63) is 63.1 Å². The van der Waals surface area contributed by atoms with Gasteiger partial charge in [-0.2, -0.15) is 18.3 Å². The maximum atomic E-state index is 12.6. The first-order valence-corrected chi connectivity index (χ1v) is 8.00. The summed E-state index contributed by atoms with van der Waals surface area (Å²) >= 11 is 9.18. The highest BCUT2D eigenvalue weighted by Crippen LogP contribution is 2.29. The Balaban J connectivity index is 1.88. The van der Waals surface area contributed by atoms with E-state index in [1.807, 2.05) is 0 Å². The van der Waals surface area contributed by atoms with Crippen molar-refractivity contribution >= 4 is 39.7 Å². The van der Waals surface area contributed by atoms with Crippen LogP contribution in [0.2, 0.25) is 5.02 Å². The minimum Gasteiger partial charge on any atom is -0.482 e. The van der Waals surface area contributed by atoms with Gasteiger partial charge in [-0.25, -0.2) is 5.43 Å². The van der Waals surface area contributed by atoms with Crippen LogP contribution < -0.4 is 10.2 Å². The molecule has 0 aliphatic carbocycles. The molecule has 0 aliphatic heterocycles. The van der Waals surface area contributed by atoms with Gasteiger partial charge in [-0.15, -0.1) is 0 Å². The number of amides is 1. The van der Waals surface area contributed by atoms with Gasteiger partial charge in [0.25, 0.3) is 5.91 Å². The fraction of sp³-hybridized carbons (Fsp3) is 0.125. The summed E-state index contributed by atoms with van der Waals surface area (Å²) in [5.41, 5.74) is 1.57. The Bertz CT molecular complexity index is 797. The number of carbonyl (C=O) groups is 1. The number of carbonyl (C=O) groups excluding carboxylic acids is 1. The molecule has 4 nitrogen and oxygen atoms in total. The zero-order chi connectivity index (χ0) is 18.4. The van der Waals surface area contributed by atoms with Crippen molar-refractivity contribution < 1.29 is 22.7 Å². The lowest BCUT2D eigenvalue weighted by Crippen LogP contribution is -2.24. The second-order valence-corrected chi connectivity index (χ2v) is 6.10. The molecule has 0 spiro atoms. The van der Waals surface area contributed by atoms with Crippen LogP contribution in [0.5, 0.6) is 5.75 Å². The van der Waals surface area contributed by atoms with Gasteiger partial charge < -0.3 is 4.74 Å². The number of ether oxygens (including phenoxy) is 1. The van der Waals surface area contributed by atoms with Gasteiger partial charge in [-0.1, -0.05) is 39.7 Å². The van der Waals surface area contributed by atoms with Crippen molar-refractivity contribution in [2.24, 2.45) is 5.10 Å². The van der Waals surface area contributed by atoms with Crippen molar-refractivity contribution in [1.29, 1.82) is 0 Å². The van der Waals surface area contributed by atoms with E-state index in [-0.39, 0.29) is 12.2 Å². The lowest BCUT2D eigenvalue weighted by molar-refractivity contribution is -0.137. The molecule has 132 valence electrons. The number of nitrogens with zero attached hydrogens (tertiary/aromatic N) is 1. The molecular formula is C16H11BrClF3N2O2. The Morgan fingerprint density at radius 3 is 2.72 bits per heavy atom.